The first kappa shape index (κ1) is 16.3. The zero-order valence-electron chi connectivity index (χ0n) is 13.2. The van der Waals surface area contributed by atoms with Gasteiger partial charge in [-0.15, -0.1) is 0 Å². The van der Waals surface area contributed by atoms with E-state index in [1.165, 1.54) is 24.3 Å². The lowest BCUT2D eigenvalue weighted by Crippen LogP contribution is -2.12. The predicted molar refractivity (Wildman–Crippen MR) is 88.3 cm³/mol. The van der Waals surface area contributed by atoms with Crippen molar-refractivity contribution in [3.63, 3.8) is 0 Å². The maximum Gasteiger partial charge on any atom is 0.251 e. The number of rotatable bonds is 2. The van der Waals surface area contributed by atoms with Crippen molar-refractivity contribution in [2.75, 3.05) is 0 Å². The number of hydrogen-bond donors (Lipinski definition) is 1. The van der Waals surface area contributed by atoms with Crippen LogP contribution in [0, 0.1) is 23.3 Å². The molecular weight excluding hydrogens is 346 g/mol. The van der Waals surface area contributed by atoms with E-state index in [1.807, 2.05) is 0 Å². The van der Waals surface area contributed by atoms with Crippen LogP contribution in [-0.4, -0.2) is 5.91 Å². The van der Waals surface area contributed by atoms with Gasteiger partial charge in [-0.3, -0.25) is 4.79 Å². The van der Waals surface area contributed by atoms with Gasteiger partial charge in [-0.1, -0.05) is 0 Å². The van der Waals surface area contributed by atoms with Crippen molar-refractivity contribution in [1.29, 1.82) is 0 Å². The summed E-state index contributed by atoms with van der Waals surface area (Å²) in [4.78, 5) is 12.1. The van der Waals surface area contributed by atoms with Crippen LogP contribution in [0.1, 0.15) is 15.9 Å². The second-order valence-electron chi connectivity index (χ2n) is 5.98. The molecule has 26 heavy (non-hydrogen) atoms. The molecule has 1 N–H and O–H groups in total. The molecule has 0 atom stereocenters. The van der Waals surface area contributed by atoms with E-state index in [9.17, 15) is 22.4 Å². The van der Waals surface area contributed by atoms with Gasteiger partial charge in [-0.05, 0) is 53.1 Å². The quantitative estimate of drug-likeness (QED) is 0.655. The zero-order valence-corrected chi connectivity index (χ0v) is 13.2. The van der Waals surface area contributed by atoms with Gasteiger partial charge < -0.3 is 5.32 Å². The molecule has 0 unspecified atom stereocenters. The third-order valence-corrected chi connectivity index (χ3v) is 4.38. The Kier molecular flexibility index (Phi) is 3.76. The monoisotopic (exact) mass is 357 g/mol. The van der Waals surface area contributed by atoms with Crippen LogP contribution in [0.4, 0.5) is 17.6 Å². The Bertz CT molecular complexity index is 1060. The van der Waals surface area contributed by atoms with Gasteiger partial charge in [0.05, 0.1) is 0 Å². The number of nitrogens with one attached hydrogen (secondary N) is 1. The van der Waals surface area contributed by atoms with Crippen LogP contribution in [0.3, 0.4) is 0 Å². The van der Waals surface area contributed by atoms with E-state index < -0.39 is 23.3 Å². The van der Waals surface area contributed by atoms with Crippen LogP contribution < -0.4 is 5.32 Å². The summed E-state index contributed by atoms with van der Waals surface area (Å²) in [5.41, 5.74) is 1.67. The highest BCUT2D eigenvalue weighted by molar-refractivity contribution is 6.02. The molecule has 4 rings (SSSR count). The van der Waals surface area contributed by atoms with Gasteiger partial charge in [0.25, 0.3) is 5.91 Å². The molecule has 1 amide bonds. The highest BCUT2D eigenvalue weighted by atomic mass is 19.1. The molecule has 1 aliphatic heterocycles. The summed E-state index contributed by atoms with van der Waals surface area (Å²) in [7, 11) is 0. The van der Waals surface area contributed by atoms with Crippen molar-refractivity contribution < 1.29 is 22.4 Å². The summed E-state index contributed by atoms with van der Waals surface area (Å²) in [6.07, 6.45) is 0. The second-order valence-corrected chi connectivity index (χ2v) is 5.98. The van der Waals surface area contributed by atoms with Gasteiger partial charge in [0, 0.05) is 35.4 Å². The highest BCUT2D eigenvalue weighted by Crippen LogP contribution is 2.36. The van der Waals surface area contributed by atoms with Gasteiger partial charge in [-0.25, -0.2) is 17.6 Å². The number of hydrogen-bond acceptors (Lipinski definition) is 1. The van der Waals surface area contributed by atoms with Crippen LogP contribution in [0.2, 0.25) is 0 Å². The molecule has 0 aromatic heterocycles. The Morgan fingerprint density at radius 1 is 0.692 bits per heavy atom. The predicted octanol–water partition coefficient (Wildman–Crippen LogP) is 4.82. The molecule has 0 aliphatic carbocycles. The molecule has 3 aromatic carbocycles. The van der Waals surface area contributed by atoms with Gasteiger partial charge in [-0.2, -0.15) is 0 Å². The summed E-state index contributed by atoms with van der Waals surface area (Å²) >= 11 is 0. The topological polar surface area (TPSA) is 29.1 Å². The Labute approximate surface area is 146 Å². The molecule has 130 valence electrons. The highest BCUT2D eigenvalue weighted by Gasteiger charge is 2.25. The van der Waals surface area contributed by atoms with E-state index in [4.69, 9.17) is 0 Å². The van der Waals surface area contributed by atoms with Crippen LogP contribution >= 0.6 is 0 Å². The van der Waals surface area contributed by atoms with Crippen LogP contribution in [-0.2, 0) is 6.54 Å². The number of amides is 1. The first-order valence-electron chi connectivity index (χ1n) is 7.80. The largest absolute Gasteiger partial charge is 0.348 e. The van der Waals surface area contributed by atoms with Crippen molar-refractivity contribution in [3.8, 4) is 22.3 Å². The second kappa shape index (κ2) is 5.98. The zero-order chi connectivity index (χ0) is 18.4. The maximum atomic E-state index is 14.3. The molecule has 1 aliphatic rings. The Hall–Kier alpha value is -3.15. The molecule has 0 bridgehead atoms. The van der Waals surface area contributed by atoms with E-state index in [1.54, 1.807) is 0 Å². The normalized spacial score (nSPS) is 12.8. The SMILES string of the molecule is O=C1NCc2c1cc(-c1ccc(F)cc1F)cc2-c1ccc(F)cc1F. The Morgan fingerprint density at radius 2 is 1.27 bits per heavy atom. The smallest absolute Gasteiger partial charge is 0.251 e. The fraction of sp³-hybridized carbons (Fsp3) is 0.0500. The first-order chi connectivity index (χ1) is 12.4. The number of halogens is 4. The van der Waals surface area contributed by atoms with Crippen molar-refractivity contribution in [3.05, 3.63) is 82.9 Å². The fourth-order valence-corrected chi connectivity index (χ4v) is 3.16. The summed E-state index contributed by atoms with van der Waals surface area (Å²) in [6, 6.07) is 9.23. The van der Waals surface area contributed by atoms with E-state index in [-0.39, 0.29) is 29.1 Å². The summed E-state index contributed by atoms with van der Waals surface area (Å²) in [5.74, 6) is -3.40. The van der Waals surface area contributed by atoms with E-state index in [0.717, 1.165) is 24.3 Å². The van der Waals surface area contributed by atoms with Crippen LogP contribution in [0.5, 0.6) is 0 Å². The Morgan fingerprint density at radius 3 is 1.88 bits per heavy atom. The third kappa shape index (κ3) is 2.63. The molecule has 2 nitrogen and oxygen atoms in total. The Balaban J connectivity index is 1.98. The third-order valence-electron chi connectivity index (χ3n) is 4.38. The number of carbonyl (C=O) groups is 1. The van der Waals surface area contributed by atoms with Crippen LogP contribution in [0.25, 0.3) is 22.3 Å². The molecule has 6 heteroatoms. The number of benzene rings is 3. The fourth-order valence-electron chi connectivity index (χ4n) is 3.16. The van der Waals surface area contributed by atoms with Crippen LogP contribution in [0.15, 0.2) is 48.5 Å². The average Bonchev–Trinajstić information content (AvgIpc) is 2.96. The molecule has 1 heterocycles. The van der Waals surface area contributed by atoms with Crippen molar-refractivity contribution >= 4 is 5.91 Å². The first-order valence-corrected chi connectivity index (χ1v) is 7.80. The molecule has 0 saturated heterocycles. The lowest BCUT2D eigenvalue weighted by Gasteiger charge is -2.13. The van der Waals surface area contributed by atoms with Gasteiger partial charge in [0.1, 0.15) is 23.3 Å². The molecule has 3 aromatic rings. The lowest BCUT2D eigenvalue weighted by molar-refractivity contribution is 0.0965. The van der Waals surface area contributed by atoms with E-state index in [2.05, 4.69) is 5.32 Å². The minimum Gasteiger partial charge on any atom is -0.348 e. The standard InChI is InChI=1S/C20H11F4NO/c21-11-1-3-13(18(23)7-11)10-5-15(14-4-2-12(22)8-19(14)24)17-9-25-20(26)16(17)6-10/h1-8H,9H2,(H,25,26). The molecule has 0 saturated carbocycles. The van der Waals surface area contributed by atoms with E-state index >= 15 is 0 Å². The lowest BCUT2D eigenvalue weighted by atomic mass is 9.91. The minimum absolute atomic E-state index is 0.0812. The van der Waals surface area contributed by atoms with Crippen molar-refractivity contribution in [1.82, 2.24) is 5.32 Å². The van der Waals surface area contributed by atoms with Crippen molar-refractivity contribution in [2.24, 2.45) is 0 Å². The van der Waals surface area contributed by atoms with Gasteiger partial charge >= 0.3 is 0 Å². The van der Waals surface area contributed by atoms with Crippen molar-refractivity contribution in [2.45, 2.75) is 6.54 Å². The maximum absolute atomic E-state index is 14.3. The van der Waals surface area contributed by atoms with Gasteiger partial charge in [0.15, 0.2) is 0 Å². The molecule has 0 radical (unpaired) electrons. The number of fused-ring (bicyclic) bond motifs is 1. The van der Waals surface area contributed by atoms with E-state index in [0.29, 0.717) is 16.7 Å². The molecular formula is C20H11F4NO. The average molecular weight is 357 g/mol. The number of carbonyl (C=O) groups excluding carboxylic acids is 1. The summed E-state index contributed by atoms with van der Waals surface area (Å²) in [5, 5.41) is 2.64. The molecule has 0 fully saturated rings. The minimum atomic E-state index is -0.797. The molecule has 0 spiro atoms. The van der Waals surface area contributed by atoms with Gasteiger partial charge in [0.2, 0.25) is 0 Å². The summed E-state index contributed by atoms with van der Waals surface area (Å²) < 4.78 is 54.9. The summed E-state index contributed by atoms with van der Waals surface area (Å²) in [6.45, 7) is 0.187.